The van der Waals surface area contributed by atoms with Crippen molar-refractivity contribution >= 4 is 13.7 Å². The Morgan fingerprint density at radius 3 is 1.78 bits per heavy atom. The fourth-order valence-electron chi connectivity index (χ4n) is 4.94. The number of rotatable bonds is 32. The molecule has 1 unspecified atom stereocenters. The van der Waals surface area contributed by atoms with Gasteiger partial charge in [-0.2, -0.15) is 0 Å². The summed E-state index contributed by atoms with van der Waals surface area (Å²) in [5.74, 6) is -0.191. The number of quaternary nitrogens is 1. The van der Waals surface area contributed by atoms with E-state index in [0.717, 1.165) is 38.5 Å². The van der Waals surface area contributed by atoms with E-state index in [1.165, 1.54) is 89.9 Å². The van der Waals surface area contributed by atoms with Crippen LogP contribution in [0.3, 0.4) is 0 Å². The van der Waals surface area contributed by atoms with Gasteiger partial charge in [-0.15, -0.1) is 0 Å². The minimum absolute atomic E-state index is 0.0574. The first-order valence-electron chi connectivity index (χ1n) is 18.2. The van der Waals surface area contributed by atoms with E-state index in [0.29, 0.717) is 17.4 Å². The number of aliphatic hydroxyl groups is 1. The third kappa shape index (κ3) is 31.4. The maximum atomic E-state index is 12.7. The van der Waals surface area contributed by atoms with Crippen LogP contribution < -0.4 is 5.32 Å². The first-order chi connectivity index (χ1) is 21.5. The molecule has 0 spiro atoms. The van der Waals surface area contributed by atoms with Gasteiger partial charge >= 0.3 is 7.82 Å². The summed E-state index contributed by atoms with van der Waals surface area (Å²) in [7, 11) is 1.55. The maximum absolute atomic E-state index is 12.7. The van der Waals surface area contributed by atoms with Gasteiger partial charge in [-0.25, -0.2) is 4.57 Å². The molecule has 3 N–H and O–H groups in total. The third-order valence-corrected chi connectivity index (χ3v) is 8.91. The van der Waals surface area contributed by atoms with Gasteiger partial charge in [0.25, 0.3) is 0 Å². The van der Waals surface area contributed by atoms with Crippen molar-refractivity contribution in [2.45, 2.75) is 161 Å². The largest absolute Gasteiger partial charge is 0.472 e. The maximum Gasteiger partial charge on any atom is 0.472 e. The van der Waals surface area contributed by atoms with Crippen molar-refractivity contribution in [2.24, 2.45) is 0 Å². The summed E-state index contributed by atoms with van der Waals surface area (Å²) >= 11 is 0. The van der Waals surface area contributed by atoms with E-state index >= 15 is 0 Å². The summed E-state index contributed by atoms with van der Waals surface area (Å²) in [6.07, 6.45) is 31.0. The van der Waals surface area contributed by atoms with E-state index in [-0.39, 0.29) is 19.1 Å². The Morgan fingerprint density at radius 1 is 0.733 bits per heavy atom. The molecule has 266 valence electrons. The summed E-state index contributed by atoms with van der Waals surface area (Å²) in [5.41, 5.74) is 0. The number of nitrogens with zero attached hydrogens (tertiary/aromatic N) is 1. The Hall–Kier alpha value is -1.02. The van der Waals surface area contributed by atoms with Crippen molar-refractivity contribution in [3.8, 4) is 0 Å². The lowest BCUT2D eigenvalue weighted by atomic mass is 10.0. The molecule has 0 aliphatic rings. The average molecular weight is 660 g/mol. The molecule has 0 fully saturated rings. The van der Waals surface area contributed by atoms with Gasteiger partial charge in [0, 0.05) is 6.42 Å². The monoisotopic (exact) mass is 660 g/mol. The van der Waals surface area contributed by atoms with Gasteiger partial charge in [0.05, 0.1) is 39.9 Å². The van der Waals surface area contributed by atoms with Crippen LogP contribution in [0.2, 0.25) is 0 Å². The highest BCUT2D eigenvalue weighted by atomic mass is 31.2. The number of hydrogen-bond acceptors (Lipinski definition) is 5. The number of allylic oxidation sites excluding steroid dienone is 3. The van der Waals surface area contributed by atoms with Crippen LogP contribution in [0.4, 0.5) is 0 Å². The Bertz CT molecular complexity index is 799. The highest BCUT2D eigenvalue weighted by Gasteiger charge is 2.27. The number of hydrogen-bond donors (Lipinski definition) is 3. The van der Waals surface area contributed by atoms with Gasteiger partial charge in [0.2, 0.25) is 5.91 Å². The Morgan fingerprint density at radius 2 is 1.22 bits per heavy atom. The Labute approximate surface area is 277 Å². The number of carbonyl (C=O) groups excluding carboxylic acids is 1. The first-order valence-corrected chi connectivity index (χ1v) is 19.7. The zero-order chi connectivity index (χ0) is 33.7. The van der Waals surface area contributed by atoms with Gasteiger partial charge < -0.3 is 19.8 Å². The van der Waals surface area contributed by atoms with Crippen LogP contribution in [-0.2, 0) is 18.4 Å². The zero-order valence-electron chi connectivity index (χ0n) is 29.9. The van der Waals surface area contributed by atoms with E-state index in [1.54, 1.807) is 6.08 Å². The fraction of sp³-hybridized carbons (Fsp3) is 0.861. The van der Waals surface area contributed by atoms with Crippen molar-refractivity contribution in [2.75, 3.05) is 40.9 Å². The van der Waals surface area contributed by atoms with E-state index < -0.39 is 20.0 Å². The number of phosphoric acid groups is 1. The van der Waals surface area contributed by atoms with Crippen LogP contribution in [0.15, 0.2) is 24.3 Å². The van der Waals surface area contributed by atoms with Crippen LogP contribution in [0.25, 0.3) is 0 Å². The van der Waals surface area contributed by atoms with E-state index in [1.807, 2.05) is 27.2 Å². The normalized spacial score (nSPS) is 15.1. The lowest BCUT2D eigenvalue weighted by Gasteiger charge is -2.25. The molecule has 0 saturated heterocycles. The molecular formula is C36H72N2O6P+. The van der Waals surface area contributed by atoms with Gasteiger partial charge in [-0.1, -0.05) is 134 Å². The molecule has 45 heavy (non-hydrogen) atoms. The fourth-order valence-corrected chi connectivity index (χ4v) is 5.67. The van der Waals surface area contributed by atoms with Gasteiger partial charge in [-0.3, -0.25) is 13.8 Å². The van der Waals surface area contributed by atoms with Gasteiger partial charge in [0.1, 0.15) is 13.2 Å². The minimum Gasteiger partial charge on any atom is -0.387 e. The minimum atomic E-state index is -4.33. The number of unbranched alkanes of at least 4 members (excludes halogenated alkanes) is 17. The summed E-state index contributed by atoms with van der Waals surface area (Å²) in [6, 6.07) is -0.854. The zero-order valence-corrected chi connectivity index (χ0v) is 30.8. The smallest absolute Gasteiger partial charge is 0.387 e. The molecule has 0 aliphatic carbocycles. The summed E-state index contributed by atoms with van der Waals surface area (Å²) in [4.78, 5) is 22.9. The van der Waals surface area contributed by atoms with Crippen LogP contribution in [0.1, 0.15) is 149 Å². The molecule has 0 bridgehead atoms. The molecule has 0 radical (unpaired) electrons. The number of aliphatic hydroxyl groups excluding tert-OH is 1. The summed E-state index contributed by atoms with van der Waals surface area (Å²) in [6.45, 7) is 4.72. The topological polar surface area (TPSA) is 105 Å². The highest BCUT2D eigenvalue weighted by molar-refractivity contribution is 7.47. The Balaban J connectivity index is 4.53. The lowest BCUT2D eigenvalue weighted by molar-refractivity contribution is -0.870. The number of amides is 1. The molecule has 0 aliphatic heterocycles. The molecule has 0 aromatic heterocycles. The van der Waals surface area contributed by atoms with Crippen LogP contribution in [0.5, 0.6) is 0 Å². The van der Waals surface area contributed by atoms with Crippen molar-refractivity contribution in [3.63, 3.8) is 0 Å². The first kappa shape index (κ1) is 44.0. The molecule has 0 aromatic carbocycles. The van der Waals surface area contributed by atoms with Crippen molar-refractivity contribution in [1.29, 1.82) is 0 Å². The van der Waals surface area contributed by atoms with Crippen molar-refractivity contribution in [3.05, 3.63) is 24.3 Å². The molecule has 1 amide bonds. The molecule has 9 heteroatoms. The van der Waals surface area contributed by atoms with E-state index in [4.69, 9.17) is 9.05 Å². The van der Waals surface area contributed by atoms with Gasteiger partial charge in [-0.05, 0) is 32.1 Å². The predicted octanol–water partition coefficient (Wildman–Crippen LogP) is 9.02. The standard InChI is InChI=1S/C36H71N2O6P/c1-6-8-10-12-14-16-17-18-19-20-22-24-26-28-30-36(40)37-34(33-44-45(41,42)43-32-31-38(3,4)5)35(39)29-27-25-23-21-15-13-11-9-7-2/h15,21,27,29,34-35,39H,6-14,16-20,22-26,28,30-33H2,1-5H3,(H-,37,40,41,42)/p+1/b21-15+,29-27+/t34-,35+/m0/s1. The summed E-state index contributed by atoms with van der Waals surface area (Å²) < 4.78 is 23.3. The number of phosphoric ester groups is 1. The molecule has 8 nitrogen and oxygen atoms in total. The quantitative estimate of drug-likeness (QED) is 0.0288. The predicted molar refractivity (Wildman–Crippen MR) is 189 cm³/mol. The molecule has 0 saturated carbocycles. The van der Waals surface area contributed by atoms with Crippen LogP contribution >= 0.6 is 7.82 Å². The van der Waals surface area contributed by atoms with Crippen LogP contribution in [0, 0.1) is 0 Å². The van der Waals surface area contributed by atoms with E-state index in [2.05, 4.69) is 31.3 Å². The lowest BCUT2D eigenvalue weighted by Crippen LogP contribution is -2.45. The molecule has 0 aromatic rings. The molecule has 0 heterocycles. The second-order valence-electron chi connectivity index (χ2n) is 13.6. The summed E-state index contributed by atoms with van der Waals surface area (Å²) in [5, 5.41) is 13.6. The number of carbonyl (C=O) groups is 1. The second-order valence-corrected chi connectivity index (χ2v) is 15.0. The SMILES string of the molecule is CCCCC/C=C/CC/C=C/[C@@H](O)[C@H](COP(=O)(O)OCC[N+](C)(C)C)NC(=O)CCCCCCCCCCCCCCCC. The van der Waals surface area contributed by atoms with E-state index in [9.17, 15) is 19.4 Å². The molecule has 0 rings (SSSR count). The van der Waals surface area contributed by atoms with Crippen LogP contribution in [-0.4, -0.2) is 73.4 Å². The van der Waals surface area contributed by atoms with Gasteiger partial charge in [0.15, 0.2) is 0 Å². The highest BCUT2D eigenvalue weighted by Crippen LogP contribution is 2.43. The third-order valence-electron chi connectivity index (χ3n) is 7.92. The van der Waals surface area contributed by atoms with Crippen molar-refractivity contribution < 1.29 is 32.9 Å². The molecular weight excluding hydrogens is 587 g/mol. The molecule has 3 atom stereocenters. The second kappa shape index (κ2) is 29.1. The number of likely N-dealkylation sites (N-methyl/N-ethyl adjacent to an activating group) is 1. The number of nitrogens with one attached hydrogen (secondary N) is 1. The Kier molecular flexibility index (Phi) is 28.5. The van der Waals surface area contributed by atoms with Crippen molar-refractivity contribution in [1.82, 2.24) is 5.32 Å². The average Bonchev–Trinajstić information content (AvgIpc) is 2.97.